The molecule has 0 saturated carbocycles. The van der Waals surface area contributed by atoms with Gasteiger partial charge >= 0.3 is 6.18 Å². The van der Waals surface area contributed by atoms with Crippen LogP contribution in [0.25, 0.3) is 22.0 Å². The molecule has 272 valence electrons. The lowest BCUT2D eigenvalue weighted by molar-refractivity contribution is -0.137. The number of methoxy groups -OCH3 is 1. The number of hydrogen-bond acceptors (Lipinski definition) is 5. The predicted molar refractivity (Wildman–Crippen MR) is 193 cm³/mol. The Hall–Kier alpha value is -4.52. The minimum Gasteiger partial charge on any atom is -0.383 e. The van der Waals surface area contributed by atoms with E-state index in [-0.39, 0.29) is 48.4 Å². The molecule has 12 heteroatoms. The number of benzene rings is 4. The smallest absolute Gasteiger partial charge is 0.383 e. The average molecular weight is 742 g/mol. The van der Waals surface area contributed by atoms with Crippen LogP contribution in [0.15, 0.2) is 107 Å². The number of halogens is 5. The van der Waals surface area contributed by atoms with Crippen molar-refractivity contribution in [1.29, 1.82) is 0 Å². The normalized spacial score (nSPS) is 16.7. The lowest BCUT2D eigenvalue weighted by Gasteiger charge is -2.39. The first kappa shape index (κ1) is 30.0. The topological polar surface area (TPSA) is 54.8 Å². The highest BCUT2D eigenvalue weighted by Gasteiger charge is 2.31. The molecule has 2 heterocycles. The van der Waals surface area contributed by atoms with E-state index >= 15 is 0 Å². The Labute approximate surface area is 311 Å². The number of thioether (sulfide) groups is 1. The number of rotatable bonds is 12. The zero-order chi connectivity index (χ0) is 42.2. The second-order valence-electron chi connectivity index (χ2n) is 12.2. The summed E-state index contributed by atoms with van der Waals surface area (Å²) in [6.45, 7) is -5.43. The number of para-hydroxylation sites is 1. The summed E-state index contributed by atoms with van der Waals surface area (Å²) in [6.07, 6.45) is -4.04. The minimum absolute atomic E-state index is 0.0263. The summed E-state index contributed by atoms with van der Waals surface area (Å²) in [5.41, 5.74) is -2.36. The van der Waals surface area contributed by atoms with Gasteiger partial charge < -0.3 is 19.1 Å². The number of alkyl halides is 3. The maximum atomic E-state index is 14.9. The Balaban J connectivity index is 1.34. The van der Waals surface area contributed by atoms with Gasteiger partial charge in [0.25, 0.3) is 0 Å². The summed E-state index contributed by atoms with van der Waals surface area (Å²) in [4.78, 5) is 30.9. The Bertz CT molecular complexity index is 2340. The van der Waals surface area contributed by atoms with Gasteiger partial charge in [-0.1, -0.05) is 60.7 Å². The summed E-state index contributed by atoms with van der Waals surface area (Å²) < 4.78 is 125. The number of amides is 1. The van der Waals surface area contributed by atoms with E-state index in [1.165, 1.54) is 21.6 Å². The molecule has 1 aromatic heterocycles. The van der Waals surface area contributed by atoms with Crippen molar-refractivity contribution in [2.24, 2.45) is 0 Å². The van der Waals surface area contributed by atoms with Crippen LogP contribution in [-0.4, -0.2) is 59.6 Å². The Morgan fingerprint density at radius 2 is 1.62 bits per heavy atom. The second-order valence-corrected chi connectivity index (χ2v) is 13.0. The zero-order valence-electron chi connectivity index (χ0n) is 33.9. The molecule has 6 rings (SSSR count). The van der Waals surface area contributed by atoms with Crippen LogP contribution in [0.2, 0.25) is 0 Å². The van der Waals surface area contributed by atoms with Gasteiger partial charge in [-0.05, 0) is 59.9 Å². The molecular weight excluding hydrogens is 698 g/mol. The van der Waals surface area contributed by atoms with Crippen molar-refractivity contribution in [2.45, 2.75) is 48.9 Å². The van der Waals surface area contributed by atoms with E-state index in [0.29, 0.717) is 28.5 Å². The van der Waals surface area contributed by atoms with Crippen molar-refractivity contribution in [1.82, 2.24) is 14.4 Å². The maximum absolute atomic E-state index is 14.9. The van der Waals surface area contributed by atoms with Gasteiger partial charge in [-0.25, -0.2) is 8.78 Å². The van der Waals surface area contributed by atoms with Gasteiger partial charge in [-0.2, -0.15) is 13.2 Å². The molecule has 0 radical (unpaired) electrons. The summed E-state index contributed by atoms with van der Waals surface area (Å²) in [5, 5.41) is 0.196. The number of piperidine rings is 1. The predicted octanol–water partition coefficient (Wildman–Crippen LogP) is 8.40. The second kappa shape index (κ2) is 16.4. The molecule has 0 bridgehead atoms. The van der Waals surface area contributed by atoms with Crippen molar-refractivity contribution in [2.75, 3.05) is 33.3 Å². The molecule has 4 aromatic carbocycles. The number of carbonyl (C=O) groups excluding carboxylic acids is 1. The number of carbonyl (C=O) groups is 1. The minimum atomic E-state index is -4.49. The molecule has 1 aliphatic rings. The number of likely N-dealkylation sites (tertiary alicyclic amines) is 1. The molecule has 0 atom stereocenters. The average Bonchev–Trinajstić information content (AvgIpc) is 3.19. The molecule has 5 aromatic rings. The van der Waals surface area contributed by atoms with E-state index in [1.54, 1.807) is 53.4 Å². The lowest BCUT2D eigenvalue weighted by Crippen LogP contribution is -2.48. The number of nitrogens with zero attached hydrogens (tertiary/aromatic N) is 3. The third kappa shape index (κ3) is 8.74. The highest BCUT2D eigenvalue weighted by Crippen LogP contribution is 2.32. The van der Waals surface area contributed by atoms with Crippen LogP contribution in [0.1, 0.15) is 37.8 Å². The van der Waals surface area contributed by atoms with Crippen molar-refractivity contribution in [3.8, 4) is 11.1 Å². The fourth-order valence-electron chi connectivity index (χ4n) is 6.14. The number of ether oxygens (including phenoxy) is 1. The first-order chi connectivity index (χ1) is 27.2. The van der Waals surface area contributed by atoms with Crippen LogP contribution in [-0.2, 0) is 34.5 Å². The molecule has 0 aliphatic carbocycles. The van der Waals surface area contributed by atoms with Crippen LogP contribution in [0.5, 0.6) is 0 Å². The van der Waals surface area contributed by atoms with Crippen molar-refractivity contribution in [3.05, 3.63) is 136 Å². The molecule has 52 heavy (non-hydrogen) atoms. The monoisotopic (exact) mass is 741 g/mol. The molecule has 1 amide bonds. The van der Waals surface area contributed by atoms with Gasteiger partial charge in [-0.3, -0.25) is 9.59 Å². The Morgan fingerprint density at radius 1 is 0.942 bits per heavy atom. The van der Waals surface area contributed by atoms with Crippen LogP contribution in [0.3, 0.4) is 0 Å². The molecule has 1 aliphatic heterocycles. The van der Waals surface area contributed by atoms with E-state index in [9.17, 15) is 31.5 Å². The molecule has 0 N–H and O–H groups in total. The number of pyridine rings is 1. The maximum Gasteiger partial charge on any atom is 0.416 e. The quantitative estimate of drug-likeness (QED) is 0.0951. The van der Waals surface area contributed by atoms with Gasteiger partial charge in [0, 0.05) is 67.5 Å². The van der Waals surface area contributed by atoms with Crippen molar-refractivity contribution >= 4 is 28.6 Å². The standard InChI is InChI=1S/C40H38F5N3O3S/c1-51-22-21-46-19-17-32(18-20-46)47(24-27-9-11-28(12-10-27)29-13-15-31(16-14-29)40(43,44)45)37(50)25-48-35-8-3-2-6-33(35)36(49)23-38(48)52-26-30-5-4-7-34(41)39(30)42/h2-16,23,32H,17-22,24-26H2,1H3/i21D2,22D2,26D2. The number of fused-ring (bicyclic) bond motifs is 1. The molecule has 0 unspecified atom stereocenters. The fourth-order valence-corrected chi connectivity index (χ4v) is 6.95. The first-order valence-electron chi connectivity index (χ1n) is 19.4. The van der Waals surface area contributed by atoms with Crippen LogP contribution in [0.4, 0.5) is 22.0 Å². The van der Waals surface area contributed by atoms with E-state index in [2.05, 4.69) is 0 Å². The number of hydrogen-bond donors (Lipinski definition) is 0. The first-order valence-corrected chi connectivity index (χ1v) is 17.2. The van der Waals surface area contributed by atoms with Gasteiger partial charge in [0.2, 0.25) is 5.91 Å². The molecular formula is C40H38F5N3O3S. The van der Waals surface area contributed by atoms with Gasteiger partial charge in [0.05, 0.1) is 25.4 Å². The summed E-state index contributed by atoms with van der Waals surface area (Å²) in [5.74, 6) is -3.13. The largest absolute Gasteiger partial charge is 0.416 e. The molecule has 1 fully saturated rings. The molecule has 1 saturated heterocycles. The summed E-state index contributed by atoms with van der Waals surface area (Å²) in [7, 11) is 1.07. The third-order valence-electron chi connectivity index (χ3n) is 8.88. The van der Waals surface area contributed by atoms with Gasteiger partial charge in [0.1, 0.15) is 6.54 Å². The lowest BCUT2D eigenvalue weighted by atomic mass is 10.00. The van der Waals surface area contributed by atoms with Crippen molar-refractivity contribution < 1.29 is 39.7 Å². The third-order valence-corrected chi connectivity index (χ3v) is 9.74. The summed E-state index contributed by atoms with van der Waals surface area (Å²) >= 11 is 0.441. The fraction of sp³-hybridized carbons (Fsp3) is 0.300. The SMILES string of the molecule is [2H]C([2H])(Sc1cc(=O)c2ccccc2n1CC(=O)N(Cc1ccc(-c2ccc(C(F)(F)F)cc2)cc1)C1CCN(C([2H])([2H])C([2H])([2H])OC)CC1)c1cccc(F)c1F. The highest BCUT2D eigenvalue weighted by atomic mass is 32.2. The number of aromatic nitrogens is 1. The van der Waals surface area contributed by atoms with Gasteiger partial charge in [-0.15, -0.1) is 11.8 Å². The van der Waals surface area contributed by atoms with Crippen LogP contribution >= 0.6 is 11.8 Å². The Kier molecular flexibility index (Phi) is 9.48. The Morgan fingerprint density at radius 3 is 2.29 bits per heavy atom. The summed E-state index contributed by atoms with van der Waals surface area (Å²) in [6, 6.07) is 21.7. The van der Waals surface area contributed by atoms with E-state index in [1.807, 2.05) is 0 Å². The van der Waals surface area contributed by atoms with Crippen LogP contribution < -0.4 is 5.43 Å². The van der Waals surface area contributed by atoms with E-state index < -0.39 is 71.6 Å². The molecule has 0 spiro atoms. The van der Waals surface area contributed by atoms with E-state index in [0.717, 1.165) is 43.5 Å². The van der Waals surface area contributed by atoms with Gasteiger partial charge in [0.15, 0.2) is 17.1 Å². The molecule has 6 nitrogen and oxygen atoms in total. The highest BCUT2D eigenvalue weighted by molar-refractivity contribution is 7.98. The zero-order valence-corrected chi connectivity index (χ0v) is 28.7. The van der Waals surface area contributed by atoms with Crippen LogP contribution in [0, 0.1) is 11.6 Å². The van der Waals surface area contributed by atoms with E-state index in [4.69, 9.17) is 13.0 Å². The van der Waals surface area contributed by atoms with Crippen molar-refractivity contribution in [3.63, 3.8) is 0 Å².